The van der Waals surface area contributed by atoms with E-state index < -0.39 is 0 Å². The summed E-state index contributed by atoms with van der Waals surface area (Å²) < 4.78 is 1.81. The molecule has 0 fully saturated rings. The zero-order chi connectivity index (χ0) is 12.5. The van der Waals surface area contributed by atoms with Gasteiger partial charge in [-0.3, -0.25) is 4.68 Å². The van der Waals surface area contributed by atoms with E-state index in [2.05, 4.69) is 15.1 Å². The monoisotopic (exact) mass is 239 g/mol. The van der Waals surface area contributed by atoms with Gasteiger partial charge in [0.2, 0.25) is 0 Å². The van der Waals surface area contributed by atoms with Crippen LogP contribution in [-0.4, -0.2) is 19.7 Å². The van der Waals surface area contributed by atoms with Gasteiger partial charge in [-0.2, -0.15) is 5.10 Å². The molecule has 3 rings (SSSR count). The van der Waals surface area contributed by atoms with Crippen LogP contribution < -0.4 is 5.73 Å². The van der Waals surface area contributed by atoms with Gasteiger partial charge >= 0.3 is 0 Å². The summed E-state index contributed by atoms with van der Waals surface area (Å²) in [5.74, 6) is 1.08. The van der Waals surface area contributed by atoms with Crippen LogP contribution in [0.4, 0.5) is 5.82 Å². The van der Waals surface area contributed by atoms with E-state index in [4.69, 9.17) is 5.73 Å². The highest BCUT2D eigenvalue weighted by Gasteiger charge is 2.10. The van der Waals surface area contributed by atoms with Gasteiger partial charge in [-0.15, -0.1) is 0 Å². The number of aryl methyl sites for hydroxylation is 1. The Morgan fingerprint density at radius 2 is 1.94 bits per heavy atom. The largest absolute Gasteiger partial charge is 0.383 e. The number of fused-ring (bicyclic) bond motifs is 1. The first-order valence-corrected chi connectivity index (χ1v) is 5.84. The highest BCUT2D eigenvalue weighted by Crippen LogP contribution is 2.21. The number of nitrogens with two attached hydrogens (primary N) is 1. The number of nitrogen functional groups attached to an aromatic ring is 1. The quantitative estimate of drug-likeness (QED) is 0.743. The maximum atomic E-state index is 5.96. The number of anilines is 1. The lowest BCUT2D eigenvalue weighted by Crippen LogP contribution is -1.96. The maximum absolute atomic E-state index is 5.96. The molecule has 0 amide bonds. The van der Waals surface area contributed by atoms with Crippen LogP contribution in [-0.2, 0) is 6.54 Å². The van der Waals surface area contributed by atoms with Crippen molar-refractivity contribution >= 4 is 16.9 Å². The van der Waals surface area contributed by atoms with Crippen LogP contribution in [0.5, 0.6) is 0 Å². The number of nitrogens with zero attached hydrogens (tertiary/aromatic N) is 4. The van der Waals surface area contributed by atoms with Gasteiger partial charge < -0.3 is 5.73 Å². The number of aromatic nitrogens is 4. The van der Waals surface area contributed by atoms with Crippen LogP contribution in [0.2, 0.25) is 0 Å². The van der Waals surface area contributed by atoms with Crippen LogP contribution in [0.25, 0.3) is 22.4 Å². The standard InChI is InChI=1S/C13H13N5/c1-2-18-8-10-11(14)15-12(16-13(10)17-18)9-6-4-3-5-7-9/h3-8H,2H2,1H3,(H2,14,15,16,17). The summed E-state index contributed by atoms with van der Waals surface area (Å²) in [6.07, 6.45) is 1.87. The van der Waals surface area contributed by atoms with Gasteiger partial charge in [0.05, 0.1) is 5.39 Å². The van der Waals surface area contributed by atoms with E-state index in [1.54, 1.807) is 0 Å². The van der Waals surface area contributed by atoms with Gasteiger partial charge in [0.1, 0.15) is 5.82 Å². The van der Waals surface area contributed by atoms with Crippen molar-refractivity contribution in [2.45, 2.75) is 13.5 Å². The van der Waals surface area contributed by atoms with Gasteiger partial charge in [-0.05, 0) is 6.92 Å². The minimum absolute atomic E-state index is 0.471. The Balaban J connectivity index is 2.21. The molecule has 18 heavy (non-hydrogen) atoms. The predicted octanol–water partition coefficient (Wildman–Crippen LogP) is 2.10. The minimum atomic E-state index is 0.471. The van der Waals surface area contributed by atoms with Crippen molar-refractivity contribution in [1.29, 1.82) is 0 Å². The molecular formula is C13H13N5. The Labute approximate surface area is 104 Å². The normalized spacial score (nSPS) is 10.9. The average Bonchev–Trinajstić information content (AvgIpc) is 2.83. The number of rotatable bonds is 2. The second-order valence-corrected chi connectivity index (χ2v) is 4.02. The second-order valence-electron chi connectivity index (χ2n) is 4.02. The van der Waals surface area contributed by atoms with Crippen molar-refractivity contribution in [3.05, 3.63) is 36.5 Å². The highest BCUT2D eigenvalue weighted by atomic mass is 15.3. The fourth-order valence-corrected chi connectivity index (χ4v) is 1.85. The summed E-state index contributed by atoms with van der Waals surface area (Å²) in [7, 11) is 0. The molecule has 3 aromatic rings. The van der Waals surface area contributed by atoms with Crippen molar-refractivity contribution in [3.63, 3.8) is 0 Å². The van der Waals surface area contributed by atoms with Gasteiger partial charge in [-0.25, -0.2) is 9.97 Å². The zero-order valence-corrected chi connectivity index (χ0v) is 10.0. The Morgan fingerprint density at radius 3 is 2.67 bits per heavy atom. The predicted molar refractivity (Wildman–Crippen MR) is 70.8 cm³/mol. The van der Waals surface area contributed by atoms with Gasteiger partial charge in [0.25, 0.3) is 0 Å². The summed E-state index contributed by atoms with van der Waals surface area (Å²) in [5, 5.41) is 5.17. The third-order valence-electron chi connectivity index (χ3n) is 2.81. The van der Waals surface area contributed by atoms with Crippen molar-refractivity contribution in [1.82, 2.24) is 19.7 Å². The molecular weight excluding hydrogens is 226 g/mol. The first-order chi connectivity index (χ1) is 8.78. The Hall–Kier alpha value is -2.43. The third kappa shape index (κ3) is 1.69. The lowest BCUT2D eigenvalue weighted by Gasteiger charge is -2.01. The Bertz CT molecular complexity index is 687. The molecule has 0 spiro atoms. The lowest BCUT2D eigenvalue weighted by molar-refractivity contribution is 0.666. The molecule has 0 saturated carbocycles. The van der Waals surface area contributed by atoms with E-state index in [1.165, 1.54) is 0 Å². The average molecular weight is 239 g/mol. The van der Waals surface area contributed by atoms with Crippen molar-refractivity contribution in [2.24, 2.45) is 0 Å². The van der Waals surface area contributed by atoms with E-state index in [1.807, 2.05) is 48.1 Å². The van der Waals surface area contributed by atoms with Gasteiger partial charge in [0, 0.05) is 18.3 Å². The van der Waals surface area contributed by atoms with Crippen LogP contribution in [0.15, 0.2) is 36.5 Å². The molecule has 2 heterocycles. The Kier molecular flexibility index (Phi) is 2.44. The molecule has 0 saturated heterocycles. The second kappa shape index (κ2) is 4.10. The summed E-state index contributed by atoms with van der Waals surface area (Å²) in [4.78, 5) is 8.78. The van der Waals surface area contributed by atoms with Crippen LogP contribution in [0, 0.1) is 0 Å². The molecule has 0 bridgehead atoms. The van der Waals surface area contributed by atoms with Gasteiger partial charge in [0.15, 0.2) is 11.5 Å². The summed E-state index contributed by atoms with van der Waals surface area (Å²) in [5.41, 5.74) is 7.54. The molecule has 2 aromatic heterocycles. The molecule has 5 nitrogen and oxygen atoms in total. The van der Waals surface area contributed by atoms with E-state index in [9.17, 15) is 0 Å². The number of hydrogen-bond donors (Lipinski definition) is 1. The minimum Gasteiger partial charge on any atom is -0.383 e. The van der Waals surface area contributed by atoms with Crippen LogP contribution in [0.3, 0.4) is 0 Å². The molecule has 0 aliphatic heterocycles. The summed E-state index contributed by atoms with van der Waals surface area (Å²) in [6, 6.07) is 9.76. The summed E-state index contributed by atoms with van der Waals surface area (Å²) in [6.45, 7) is 2.81. The number of benzene rings is 1. The molecule has 0 aliphatic carbocycles. The fraction of sp³-hybridized carbons (Fsp3) is 0.154. The van der Waals surface area contributed by atoms with Gasteiger partial charge in [-0.1, -0.05) is 30.3 Å². The topological polar surface area (TPSA) is 69.6 Å². The zero-order valence-electron chi connectivity index (χ0n) is 10.0. The van der Waals surface area contributed by atoms with E-state index in [-0.39, 0.29) is 0 Å². The molecule has 0 atom stereocenters. The fourth-order valence-electron chi connectivity index (χ4n) is 1.85. The number of hydrogen-bond acceptors (Lipinski definition) is 4. The summed E-state index contributed by atoms with van der Waals surface area (Å²) >= 11 is 0. The third-order valence-corrected chi connectivity index (χ3v) is 2.81. The lowest BCUT2D eigenvalue weighted by atomic mass is 10.2. The van der Waals surface area contributed by atoms with Crippen LogP contribution >= 0.6 is 0 Å². The maximum Gasteiger partial charge on any atom is 0.186 e. The van der Waals surface area contributed by atoms with Crippen molar-refractivity contribution in [2.75, 3.05) is 5.73 Å². The van der Waals surface area contributed by atoms with E-state index >= 15 is 0 Å². The molecule has 5 heteroatoms. The first kappa shape index (κ1) is 10.7. The molecule has 0 unspecified atom stereocenters. The highest BCUT2D eigenvalue weighted by molar-refractivity contribution is 5.86. The molecule has 0 aliphatic rings. The smallest absolute Gasteiger partial charge is 0.186 e. The molecule has 90 valence electrons. The van der Waals surface area contributed by atoms with E-state index in [0.717, 1.165) is 17.5 Å². The van der Waals surface area contributed by atoms with E-state index in [0.29, 0.717) is 17.3 Å². The molecule has 2 N–H and O–H groups in total. The van der Waals surface area contributed by atoms with Crippen LogP contribution in [0.1, 0.15) is 6.92 Å². The van der Waals surface area contributed by atoms with Crippen molar-refractivity contribution in [3.8, 4) is 11.4 Å². The molecule has 0 radical (unpaired) electrons. The van der Waals surface area contributed by atoms with Crippen molar-refractivity contribution < 1.29 is 0 Å². The molecule has 1 aromatic carbocycles. The Morgan fingerprint density at radius 1 is 1.17 bits per heavy atom. The first-order valence-electron chi connectivity index (χ1n) is 5.84. The SMILES string of the molecule is CCn1cc2c(N)nc(-c3ccccc3)nc2n1.